The molecule has 0 unspecified atom stereocenters. The van der Waals surface area contributed by atoms with Crippen LogP contribution in [-0.2, 0) is 9.59 Å². The predicted octanol–water partition coefficient (Wildman–Crippen LogP) is 2.68. The van der Waals surface area contributed by atoms with Crippen molar-refractivity contribution in [1.29, 1.82) is 0 Å². The summed E-state index contributed by atoms with van der Waals surface area (Å²) >= 11 is 0. The third-order valence-electron chi connectivity index (χ3n) is 8.38. The van der Waals surface area contributed by atoms with Crippen molar-refractivity contribution in [3.63, 3.8) is 0 Å². The van der Waals surface area contributed by atoms with Crippen LogP contribution in [0.15, 0.2) is 23.8 Å². The summed E-state index contributed by atoms with van der Waals surface area (Å²) in [7, 11) is 0. The molecule has 0 aromatic rings. The number of carbonyl (C=O) groups excluding carboxylic acids is 2. The summed E-state index contributed by atoms with van der Waals surface area (Å²) in [4.78, 5) is 24.0. The minimum absolute atomic E-state index is 0.0470. The Balaban J connectivity index is 1.83. The van der Waals surface area contributed by atoms with Gasteiger partial charge in [0.25, 0.3) is 0 Å². The van der Waals surface area contributed by atoms with Crippen molar-refractivity contribution in [3.05, 3.63) is 23.8 Å². The van der Waals surface area contributed by atoms with Crippen molar-refractivity contribution in [3.8, 4) is 0 Å². The van der Waals surface area contributed by atoms with Gasteiger partial charge in [0.05, 0.1) is 6.10 Å². The second kappa shape index (κ2) is 5.14. The molecular formula is C21H27FO4. The van der Waals surface area contributed by atoms with E-state index in [1.54, 1.807) is 13.0 Å². The summed E-state index contributed by atoms with van der Waals surface area (Å²) in [5.74, 6) is -1.06. The highest BCUT2D eigenvalue weighted by Gasteiger charge is 2.73. The molecule has 0 aromatic carbocycles. The fraction of sp³-hybridized carbons (Fsp3) is 0.714. The van der Waals surface area contributed by atoms with Gasteiger partial charge in [-0.1, -0.05) is 18.6 Å². The van der Waals surface area contributed by atoms with Crippen LogP contribution in [0.3, 0.4) is 0 Å². The second-order valence-corrected chi connectivity index (χ2v) is 9.22. The summed E-state index contributed by atoms with van der Waals surface area (Å²) in [6, 6.07) is 0. The number of aliphatic hydroxyl groups excluding tert-OH is 1. The molecule has 2 N–H and O–H groups in total. The molecule has 3 saturated carbocycles. The first kappa shape index (κ1) is 18.1. The molecule has 0 bridgehead atoms. The van der Waals surface area contributed by atoms with Gasteiger partial charge in [0.15, 0.2) is 17.2 Å². The first-order valence-corrected chi connectivity index (χ1v) is 9.55. The molecular weight excluding hydrogens is 335 g/mol. The van der Waals surface area contributed by atoms with Gasteiger partial charge in [0, 0.05) is 16.7 Å². The van der Waals surface area contributed by atoms with Crippen molar-refractivity contribution >= 4 is 11.6 Å². The molecule has 0 radical (unpaired) electrons. The maximum Gasteiger partial charge on any atom is 0.178 e. The van der Waals surface area contributed by atoms with Gasteiger partial charge >= 0.3 is 0 Å². The Hall–Kier alpha value is -1.33. The number of carbonyl (C=O) groups is 2. The molecule has 0 aromatic heterocycles. The van der Waals surface area contributed by atoms with Gasteiger partial charge in [-0.3, -0.25) is 9.59 Å². The van der Waals surface area contributed by atoms with Crippen molar-refractivity contribution in [2.75, 3.05) is 0 Å². The van der Waals surface area contributed by atoms with Crippen LogP contribution in [0.25, 0.3) is 0 Å². The lowest BCUT2D eigenvalue weighted by atomic mass is 9.44. The van der Waals surface area contributed by atoms with Gasteiger partial charge in [0.2, 0.25) is 0 Å². The Morgan fingerprint density at radius 3 is 2.62 bits per heavy atom. The van der Waals surface area contributed by atoms with Gasteiger partial charge in [-0.15, -0.1) is 0 Å². The topological polar surface area (TPSA) is 74.6 Å². The molecule has 0 spiro atoms. The smallest absolute Gasteiger partial charge is 0.178 e. The number of allylic oxidation sites excluding steroid dienone is 4. The first-order valence-electron chi connectivity index (χ1n) is 9.55. The number of aliphatic hydroxyl groups is 2. The van der Waals surface area contributed by atoms with Crippen molar-refractivity contribution in [2.24, 2.45) is 22.7 Å². The number of hydrogen-bond acceptors (Lipinski definition) is 4. The zero-order chi connectivity index (χ0) is 19.1. The number of fused-ring (bicyclic) bond motifs is 5. The van der Waals surface area contributed by atoms with Crippen LogP contribution in [0.1, 0.15) is 52.9 Å². The maximum absolute atomic E-state index is 16.7. The maximum atomic E-state index is 16.7. The molecule has 4 nitrogen and oxygen atoms in total. The lowest BCUT2D eigenvalue weighted by Gasteiger charge is -2.62. The van der Waals surface area contributed by atoms with Crippen LogP contribution < -0.4 is 0 Å². The minimum Gasteiger partial charge on any atom is -0.390 e. The SMILES string of the molecule is CC(=O)[C@@]1(O)CC[C@H]2[C@@H]3CCC4=CC(=O)C=C[C@]4(C)[C@@]3(F)[C@@H](O)C[C@@]21C. The number of Topliss-reactive ketones (excluding diaryl/α,β-unsaturated/α-hetero) is 1. The fourth-order valence-corrected chi connectivity index (χ4v) is 6.79. The van der Waals surface area contributed by atoms with E-state index in [0.29, 0.717) is 25.7 Å². The zero-order valence-electron chi connectivity index (χ0n) is 15.6. The minimum atomic E-state index is -1.90. The van der Waals surface area contributed by atoms with E-state index in [1.165, 1.54) is 19.1 Å². The van der Waals surface area contributed by atoms with Crippen LogP contribution >= 0.6 is 0 Å². The number of ketones is 2. The van der Waals surface area contributed by atoms with E-state index in [2.05, 4.69) is 0 Å². The highest BCUT2D eigenvalue weighted by molar-refractivity contribution is 6.01. The van der Waals surface area contributed by atoms with Crippen molar-refractivity contribution < 1.29 is 24.2 Å². The van der Waals surface area contributed by atoms with Crippen molar-refractivity contribution in [2.45, 2.75) is 70.2 Å². The van der Waals surface area contributed by atoms with E-state index in [-0.39, 0.29) is 23.9 Å². The molecule has 3 fully saturated rings. The summed E-state index contributed by atoms with van der Waals surface area (Å²) in [6.07, 6.45) is 5.28. The molecule has 142 valence electrons. The lowest BCUT2D eigenvalue weighted by Crippen LogP contribution is -2.68. The molecule has 0 saturated heterocycles. The molecule has 0 amide bonds. The van der Waals surface area contributed by atoms with Crippen LogP contribution in [-0.4, -0.2) is 39.2 Å². The zero-order valence-corrected chi connectivity index (χ0v) is 15.6. The van der Waals surface area contributed by atoms with Crippen molar-refractivity contribution in [1.82, 2.24) is 0 Å². The average Bonchev–Trinajstić information content (AvgIpc) is 2.83. The summed E-state index contributed by atoms with van der Waals surface area (Å²) in [6.45, 7) is 4.99. The monoisotopic (exact) mass is 362 g/mol. The predicted molar refractivity (Wildman–Crippen MR) is 94.0 cm³/mol. The Morgan fingerprint density at radius 1 is 1.27 bits per heavy atom. The van der Waals surface area contributed by atoms with Gasteiger partial charge in [-0.25, -0.2) is 4.39 Å². The van der Waals surface area contributed by atoms with Crippen LogP contribution in [0, 0.1) is 22.7 Å². The molecule has 26 heavy (non-hydrogen) atoms. The van der Waals surface area contributed by atoms with E-state index in [9.17, 15) is 19.8 Å². The number of rotatable bonds is 1. The quantitative estimate of drug-likeness (QED) is 0.752. The molecule has 4 rings (SSSR count). The molecule has 4 aliphatic carbocycles. The molecule has 4 aliphatic rings. The van der Waals surface area contributed by atoms with Gasteiger partial charge in [-0.2, -0.15) is 0 Å². The highest BCUT2D eigenvalue weighted by Crippen LogP contribution is 2.69. The van der Waals surface area contributed by atoms with E-state index in [1.807, 2.05) is 6.92 Å². The van der Waals surface area contributed by atoms with E-state index >= 15 is 4.39 Å². The normalized spacial score (nSPS) is 52.8. The Labute approximate surface area is 153 Å². The van der Waals surface area contributed by atoms with Gasteiger partial charge < -0.3 is 10.2 Å². The lowest BCUT2D eigenvalue weighted by molar-refractivity contribution is -0.216. The summed E-state index contributed by atoms with van der Waals surface area (Å²) in [5.41, 5.74) is -4.52. The number of halogens is 1. The molecule has 5 heteroatoms. The van der Waals surface area contributed by atoms with E-state index in [4.69, 9.17) is 0 Å². The van der Waals surface area contributed by atoms with Crippen LogP contribution in [0.2, 0.25) is 0 Å². The van der Waals surface area contributed by atoms with Crippen LogP contribution in [0.4, 0.5) is 4.39 Å². The van der Waals surface area contributed by atoms with E-state index < -0.39 is 34.1 Å². The van der Waals surface area contributed by atoms with Gasteiger partial charge in [-0.05, 0) is 64.0 Å². The Morgan fingerprint density at radius 2 is 1.96 bits per heavy atom. The molecule has 7 atom stereocenters. The standard InChI is InChI=1S/C21H27FO4/c1-12(23)20(26)9-7-15-16-5-4-13-10-14(24)6-8-18(13,2)21(16,22)17(25)11-19(15,20)3/h6,8,10,15-17,25-26H,4-5,7,9,11H2,1-3H3/t15-,16-,17-,18-,19-,20-,21-/m0/s1. The summed E-state index contributed by atoms with van der Waals surface area (Å²) < 4.78 is 16.7. The molecule has 0 aliphatic heterocycles. The second-order valence-electron chi connectivity index (χ2n) is 9.22. The van der Waals surface area contributed by atoms with Crippen LogP contribution in [0.5, 0.6) is 0 Å². The fourth-order valence-electron chi connectivity index (χ4n) is 6.79. The molecule has 0 heterocycles. The number of hydrogen-bond donors (Lipinski definition) is 2. The Kier molecular flexibility index (Phi) is 3.57. The number of alkyl halides is 1. The Bertz CT molecular complexity index is 757. The van der Waals surface area contributed by atoms with Gasteiger partial charge in [0.1, 0.15) is 5.60 Å². The van der Waals surface area contributed by atoms with E-state index in [0.717, 1.165) is 5.57 Å². The average molecular weight is 362 g/mol. The highest BCUT2D eigenvalue weighted by atomic mass is 19.1. The first-order chi connectivity index (χ1) is 12.0. The third kappa shape index (κ3) is 1.81. The third-order valence-corrected chi connectivity index (χ3v) is 8.38. The summed E-state index contributed by atoms with van der Waals surface area (Å²) in [5, 5.41) is 22.1. The largest absolute Gasteiger partial charge is 0.390 e.